The first-order chi connectivity index (χ1) is 10.6. The van der Waals surface area contributed by atoms with Crippen LogP contribution in [0, 0.1) is 6.92 Å². The maximum absolute atomic E-state index is 13.3. The quantitative estimate of drug-likeness (QED) is 0.370. The van der Waals surface area contributed by atoms with Crippen LogP contribution in [0.5, 0.6) is 0 Å². The Morgan fingerprint density at radius 1 is 1.17 bits per heavy atom. The van der Waals surface area contributed by atoms with Crippen LogP contribution in [0.4, 0.5) is 13.2 Å². The Balaban J connectivity index is 2.52. The van der Waals surface area contributed by atoms with E-state index in [0.717, 1.165) is 29.0 Å². The van der Waals surface area contributed by atoms with Gasteiger partial charge >= 0.3 is 6.18 Å². The Morgan fingerprint density at radius 3 is 2.17 bits per heavy atom. The van der Waals surface area contributed by atoms with Gasteiger partial charge in [0, 0.05) is 10.0 Å². The van der Waals surface area contributed by atoms with Gasteiger partial charge in [0.15, 0.2) is 5.78 Å². The fraction of sp³-hybridized carbons (Fsp3) is 0.133. The molecule has 2 aromatic rings. The maximum Gasteiger partial charge on any atom is 0.417 e. The van der Waals surface area contributed by atoms with Gasteiger partial charge in [0.25, 0.3) is 0 Å². The minimum atomic E-state index is -4.72. The van der Waals surface area contributed by atoms with Crippen molar-refractivity contribution in [2.75, 3.05) is 0 Å². The minimum Gasteiger partial charge on any atom is -0.288 e. The summed E-state index contributed by atoms with van der Waals surface area (Å²) < 4.78 is 40.7. The smallest absolute Gasteiger partial charge is 0.288 e. The standard InChI is InChI=1S/C15H8BrCl2F3OS/c1-7-2-13(23-14(7)16)12(22)6-11(15(19,20)21)8-3-9(17)5-10(18)4-8/h2-6H,1H3. The zero-order chi connectivity index (χ0) is 17.4. The summed E-state index contributed by atoms with van der Waals surface area (Å²) in [6, 6.07) is 5.10. The lowest BCUT2D eigenvalue weighted by molar-refractivity contribution is -0.0689. The van der Waals surface area contributed by atoms with Gasteiger partial charge in [-0.15, -0.1) is 11.3 Å². The first kappa shape index (κ1) is 18.5. The number of carbonyl (C=O) groups excluding carboxylic acids is 1. The molecule has 1 aromatic heterocycles. The van der Waals surface area contributed by atoms with Gasteiger partial charge in [0.1, 0.15) is 0 Å². The average Bonchev–Trinajstić information content (AvgIpc) is 2.73. The molecule has 0 N–H and O–H groups in total. The number of hydrogen-bond acceptors (Lipinski definition) is 2. The summed E-state index contributed by atoms with van der Waals surface area (Å²) in [5.41, 5.74) is -0.559. The van der Waals surface area contributed by atoms with E-state index < -0.39 is 17.5 Å². The predicted octanol–water partition coefficient (Wildman–Crippen LogP) is 6.95. The molecule has 0 atom stereocenters. The summed E-state index contributed by atoms with van der Waals surface area (Å²) in [7, 11) is 0. The Kier molecular flexibility index (Phi) is 5.61. The zero-order valence-electron chi connectivity index (χ0n) is 11.5. The normalized spacial score (nSPS) is 12.6. The van der Waals surface area contributed by atoms with Gasteiger partial charge in [-0.1, -0.05) is 23.2 Å². The van der Waals surface area contributed by atoms with Crippen molar-refractivity contribution in [1.82, 2.24) is 0 Å². The molecule has 1 nitrogen and oxygen atoms in total. The molecule has 122 valence electrons. The minimum absolute atomic E-state index is 0.0600. The molecule has 0 aliphatic heterocycles. The third-order valence-corrected chi connectivity index (χ3v) is 5.44. The van der Waals surface area contributed by atoms with Gasteiger partial charge in [-0.3, -0.25) is 4.79 Å². The summed E-state index contributed by atoms with van der Waals surface area (Å²) in [6.45, 7) is 1.75. The number of benzene rings is 1. The first-order valence-corrected chi connectivity index (χ1v) is 8.50. The number of hydrogen-bond donors (Lipinski definition) is 0. The Morgan fingerprint density at radius 2 is 1.74 bits per heavy atom. The number of alkyl halides is 3. The second-order valence-electron chi connectivity index (χ2n) is 4.65. The van der Waals surface area contributed by atoms with Gasteiger partial charge in [0.05, 0.1) is 14.2 Å². The van der Waals surface area contributed by atoms with Crippen LogP contribution in [-0.2, 0) is 0 Å². The highest BCUT2D eigenvalue weighted by Crippen LogP contribution is 2.37. The number of ketones is 1. The summed E-state index contributed by atoms with van der Waals surface area (Å²) in [5.74, 6) is -0.729. The van der Waals surface area contributed by atoms with Gasteiger partial charge in [-0.2, -0.15) is 13.2 Å². The van der Waals surface area contributed by atoms with Crippen molar-refractivity contribution in [1.29, 1.82) is 0 Å². The predicted molar refractivity (Wildman–Crippen MR) is 91.6 cm³/mol. The van der Waals surface area contributed by atoms with Crippen LogP contribution >= 0.6 is 50.5 Å². The molecule has 0 fully saturated rings. The van der Waals surface area contributed by atoms with Crippen molar-refractivity contribution in [3.8, 4) is 0 Å². The van der Waals surface area contributed by atoms with E-state index in [9.17, 15) is 18.0 Å². The molecule has 0 spiro atoms. The molecule has 0 unspecified atom stereocenters. The molecular formula is C15H8BrCl2F3OS. The van der Waals surface area contributed by atoms with Gasteiger partial charge in [0.2, 0.25) is 0 Å². The molecule has 0 radical (unpaired) electrons. The molecule has 0 amide bonds. The van der Waals surface area contributed by atoms with Crippen molar-refractivity contribution in [2.24, 2.45) is 0 Å². The van der Waals surface area contributed by atoms with Gasteiger partial charge in [-0.05, 0) is 64.3 Å². The topological polar surface area (TPSA) is 17.1 Å². The molecule has 1 aromatic carbocycles. The molecule has 0 aliphatic rings. The number of thiophene rings is 1. The Bertz CT molecular complexity index is 757. The van der Waals surface area contributed by atoms with Crippen LogP contribution in [0.25, 0.3) is 5.57 Å². The first-order valence-electron chi connectivity index (χ1n) is 6.13. The van der Waals surface area contributed by atoms with E-state index in [0.29, 0.717) is 9.86 Å². The van der Waals surface area contributed by atoms with Crippen molar-refractivity contribution in [3.63, 3.8) is 0 Å². The highest BCUT2D eigenvalue weighted by atomic mass is 79.9. The van der Waals surface area contributed by atoms with Crippen molar-refractivity contribution < 1.29 is 18.0 Å². The fourth-order valence-electron chi connectivity index (χ4n) is 1.82. The molecule has 0 aliphatic carbocycles. The van der Waals surface area contributed by atoms with Crippen molar-refractivity contribution in [2.45, 2.75) is 13.1 Å². The molecule has 8 heteroatoms. The van der Waals surface area contributed by atoms with Crippen LogP contribution in [0.3, 0.4) is 0 Å². The van der Waals surface area contributed by atoms with Crippen LogP contribution in [0.15, 0.2) is 34.1 Å². The molecule has 1 heterocycles. The highest BCUT2D eigenvalue weighted by molar-refractivity contribution is 9.11. The monoisotopic (exact) mass is 442 g/mol. The zero-order valence-corrected chi connectivity index (χ0v) is 15.4. The van der Waals surface area contributed by atoms with Crippen molar-refractivity contribution >= 4 is 61.8 Å². The number of aryl methyl sites for hydroxylation is 1. The van der Waals surface area contributed by atoms with E-state index in [1.165, 1.54) is 12.1 Å². The number of rotatable bonds is 3. The average molecular weight is 444 g/mol. The number of carbonyl (C=O) groups is 1. The largest absolute Gasteiger partial charge is 0.417 e. The second-order valence-corrected chi connectivity index (χ2v) is 7.89. The lowest BCUT2D eigenvalue weighted by atomic mass is 10.0. The summed E-state index contributed by atoms with van der Waals surface area (Å²) in [4.78, 5) is 12.4. The van der Waals surface area contributed by atoms with E-state index in [1.807, 2.05) is 0 Å². The van der Waals surface area contributed by atoms with E-state index in [4.69, 9.17) is 23.2 Å². The van der Waals surface area contributed by atoms with E-state index in [1.54, 1.807) is 6.92 Å². The molecular weight excluding hydrogens is 436 g/mol. The summed E-state index contributed by atoms with van der Waals surface area (Å²) in [6.07, 6.45) is -4.15. The maximum atomic E-state index is 13.3. The van der Waals surface area contributed by atoms with Crippen molar-refractivity contribution in [3.05, 3.63) is 60.2 Å². The van der Waals surface area contributed by atoms with E-state index in [2.05, 4.69) is 15.9 Å². The van der Waals surface area contributed by atoms with Gasteiger partial charge < -0.3 is 0 Å². The third kappa shape index (κ3) is 4.59. The SMILES string of the molecule is Cc1cc(C(=O)C=C(c2cc(Cl)cc(Cl)c2)C(F)(F)F)sc1Br. The lowest BCUT2D eigenvalue weighted by Gasteiger charge is -2.12. The van der Waals surface area contributed by atoms with Crippen LogP contribution in [-0.4, -0.2) is 12.0 Å². The van der Waals surface area contributed by atoms with Crippen LogP contribution in [0.1, 0.15) is 20.8 Å². The molecule has 0 saturated heterocycles. The molecule has 0 saturated carbocycles. The molecule has 0 bridgehead atoms. The summed E-state index contributed by atoms with van der Waals surface area (Å²) in [5, 5.41) is 0.120. The Labute approximate surface area is 152 Å². The molecule has 23 heavy (non-hydrogen) atoms. The highest BCUT2D eigenvalue weighted by Gasteiger charge is 2.35. The van der Waals surface area contributed by atoms with E-state index in [-0.39, 0.29) is 20.5 Å². The number of halogens is 6. The fourth-order valence-corrected chi connectivity index (χ4v) is 3.79. The second kappa shape index (κ2) is 6.97. The number of allylic oxidation sites excluding steroid dienone is 2. The Hall–Kier alpha value is -0.820. The van der Waals surface area contributed by atoms with Crippen LogP contribution < -0.4 is 0 Å². The summed E-state index contributed by atoms with van der Waals surface area (Å²) >= 11 is 15.8. The van der Waals surface area contributed by atoms with E-state index >= 15 is 0 Å². The molecule has 2 rings (SSSR count). The third-order valence-electron chi connectivity index (χ3n) is 2.85. The van der Waals surface area contributed by atoms with Gasteiger partial charge in [-0.25, -0.2) is 0 Å². The van der Waals surface area contributed by atoms with Crippen LogP contribution in [0.2, 0.25) is 10.0 Å². The lowest BCUT2D eigenvalue weighted by Crippen LogP contribution is -2.12.